The molecule has 0 unspecified atom stereocenters. The van der Waals surface area contributed by atoms with Gasteiger partial charge in [-0.1, -0.05) is 12.1 Å². The van der Waals surface area contributed by atoms with E-state index in [1.165, 1.54) is 0 Å². The molecule has 2 rings (SSSR count). The predicted octanol–water partition coefficient (Wildman–Crippen LogP) is 3.65. The molecule has 0 saturated carbocycles. The Balaban J connectivity index is 2.38. The average molecular weight is 245 g/mol. The molecule has 0 spiro atoms. The number of anilines is 1. The first-order chi connectivity index (χ1) is 8.49. The molecule has 0 atom stereocenters. The topological polar surface area (TPSA) is 45.4 Å². The van der Waals surface area contributed by atoms with Gasteiger partial charge in [-0.3, -0.25) is 0 Å². The third-order valence-corrected chi connectivity index (χ3v) is 2.52. The first-order valence-electron chi connectivity index (χ1n) is 6.07. The van der Waals surface area contributed by atoms with Crippen LogP contribution in [0.4, 0.5) is 5.69 Å². The molecule has 0 aliphatic rings. The maximum Gasteiger partial charge on any atom is 0.136 e. The molecule has 2 N–H and O–H groups in total. The Morgan fingerprint density at radius 3 is 2.44 bits per heavy atom. The standard InChI is InChI=1S/C15H19NO2/c1-15(2,3)16-13-7-5-4-6-12(13)14-9-8-11(10-17)18-14/h4-9,16-17H,10H2,1-3H3. The normalized spacial score (nSPS) is 11.6. The van der Waals surface area contributed by atoms with Crippen LogP contribution in [0.1, 0.15) is 26.5 Å². The van der Waals surface area contributed by atoms with Crippen molar-refractivity contribution >= 4 is 5.69 Å². The van der Waals surface area contributed by atoms with Crippen molar-refractivity contribution in [3.05, 3.63) is 42.2 Å². The molecule has 1 aromatic heterocycles. The van der Waals surface area contributed by atoms with E-state index in [2.05, 4.69) is 26.1 Å². The Morgan fingerprint density at radius 2 is 1.83 bits per heavy atom. The van der Waals surface area contributed by atoms with E-state index in [9.17, 15) is 0 Å². The van der Waals surface area contributed by atoms with Gasteiger partial charge in [0.2, 0.25) is 0 Å². The van der Waals surface area contributed by atoms with Crippen LogP contribution in [0.3, 0.4) is 0 Å². The van der Waals surface area contributed by atoms with Crippen molar-refractivity contribution in [3.63, 3.8) is 0 Å². The van der Waals surface area contributed by atoms with Gasteiger partial charge in [0.05, 0.1) is 0 Å². The smallest absolute Gasteiger partial charge is 0.136 e. The minimum atomic E-state index is -0.0745. The number of benzene rings is 1. The number of hydrogen-bond donors (Lipinski definition) is 2. The fourth-order valence-electron chi connectivity index (χ4n) is 1.82. The van der Waals surface area contributed by atoms with E-state index in [0.29, 0.717) is 5.76 Å². The highest BCUT2D eigenvalue weighted by Gasteiger charge is 2.14. The Morgan fingerprint density at radius 1 is 1.11 bits per heavy atom. The lowest BCUT2D eigenvalue weighted by Gasteiger charge is -2.23. The zero-order chi connectivity index (χ0) is 13.2. The number of hydrogen-bond acceptors (Lipinski definition) is 3. The van der Waals surface area contributed by atoms with E-state index in [-0.39, 0.29) is 12.1 Å². The minimum absolute atomic E-state index is 0.0114. The van der Waals surface area contributed by atoms with E-state index in [4.69, 9.17) is 9.52 Å². The number of para-hydroxylation sites is 1. The number of aliphatic hydroxyl groups excluding tert-OH is 1. The monoisotopic (exact) mass is 245 g/mol. The Hall–Kier alpha value is -1.74. The average Bonchev–Trinajstić information content (AvgIpc) is 2.76. The van der Waals surface area contributed by atoms with Crippen molar-refractivity contribution < 1.29 is 9.52 Å². The highest BCUT2D eigenvalue weighted by Crippen LogP contribution is 2.31. The summed E-state index contributed by atoms with van der Waals surface area (Å²) >= 11 is 0. The van der Waals surface area contributed by atoms with E-state index in [1.807, 2.05) is 30.3 Å². The molecule has 0 aliphatic heterocycles. The van der Waals surface area contributed by atoms with Crippen LogP contribution in [0.15, 0.2) is 40.8 Å². The van der Waals surface area contributed by atoms with Gasteiger partial charge in [-0.05, 0) is 45.0 Å². The second-order valence-electron chi connectivity index (χ2n) is 5.34. The fraction of sp³-hybridized carbons (Fsp3) is 0.333. The molecule has 0 fully saturated rings. The highest BCUT2D eigenvalue weighted by molar-refractivity contribution is 5.75. The third kappa shape index (κ3) is 2.93. The van der Waals surface area contributed by atoms with E-state index < -0.39 is 0 Å². The van der Waals surface area contributed by atoms with Gasteiger partial charge >= 0.3 is 0 Å². The fourth-order valence-corrected chi connectivity index (χ4v) is 1.82. The first-order valence-corrected chi connectivity index (χ1v) is 6.07. The van der Waals surface area contributed by atoms with Gasteiger partial charge in [0.15, 0.2) is 0 Å². The van der Waals surface area contributed by atoms with Crippen molar-refractivity contribution in [3.8, 4) is 11.3 Å². The predicted molar refractivity (Wildman–Crippen MR) is 73.4 cm³/mol. The van der Waals surface area contributed by atoms with Gasteiger partial charge in [-0.2, -0.15) is 0 Å². The number of aliphatic hydroxyl groups is 1. The molecule has 0 amide bonds. The van der Waals surface area contributed by atoms with Gasteiger partial charge in [0, 0.05) is 16.8 Å². The van der Waals surface area contributed by atoms with Crippen LogP contribution in [-0.2, 0) is 6.61 Å². The maximum absolute atomic E-state index is 9.04. The van der Waals surface area contributed by atoms with E-state index >= 15 is 0 Å². The molecule has 3 heteroatoms. The van der Waals surface area contributed by atoms with Crippen molar-refractivity contribution in [1.29, 1.82) is 0 Å². The van der Waals surface area contributed by atoms with Gasteiger partial charge in [-0.25, -0.2) is 0 Å². The highest BCUT2D eigenvalue weighted by atomic mass is 16.4. The largest absolute Gasteiger partial charge is 0.459 e. The molecule has 0 aliphatic carbocycles. The van der Waals surface area contributed by atoms with Crippen LogP contribution < -0.4 is 5.32 Å². The third-order valence-electron chi connectivity index (χ3n) is 2.52. The Kier molecular flexibility index (Phi) is 3.43. The molecule has 1 aromatic carbocycles. The second-order valence-corrected chi connectivity index (χ2v) is 5.34. The summed E-state index contributed by atoms with van der Waals surface area (Å²) in [7, 11) is 0. The van der Waals surface area contributed by atoms with E-state index in [1.54, 1.807) is 6.07 Å². The minimum Gasteiger partial charge on any atom is -0.459 e. The summed E-state index contributed by atoms with van der Waals surface area (Å²) in [5.74, 6) is 1.35. The van der Waals surface area contributed by atoms with Gasteiger partial charge in [0.25, 0.3) is 0 Å². The lowest BCUT2D eigenvalue weighted by molar-refractivity contribution is 0.248. The summed E-state index contributed by atoms with van der Waals surface area (Å²) in [5, 5.41) is 12.5. The van der Waals surface area contributed by atoms with Crippen molar-refractivity contribution in [2.75, 3.05) is 5.32 Å². The summed E-state index contributed by atoms with van der Waals surface area (Å²) in [6, 6.07) is 11.7. The Bertz CT molecular complexity index is 523. The molecular weight excluding hydrogens is 226 g/mol. The SMILES string of the molecule is CC(C)(C)Nc1ccccc1-c1ccc(CO)o1. The van der Waals surface area contributed by atoms with Crippen molar-refractivity contribution in [2.24, 2.45) is 0 Å². The first kappa shape index (κ1) is 12.7. The van der Waals surface area contributed by atoms with Crippen LogP contribution >= 0.6 is 0 Å². The zero-order valence-corrected chi connectivity index (χ0v) is 11.0. The van der Waals surface area contributed by atoms with Crippen LogP contribution in [-0.4, -0.2) is 10.6 Å². The molecule has 0 saturated heterocycles. The van der Waals surface area contributed by atoms with Gasteiger partial charge in [-0.15, -0.1) is 0 Å². The summed E-state index contributed by atoms with van der Waals surface area (Å²) in [4.78, 5) is 0. The molecular formula is C15H19NO2. The molecule has 0 bridgehead atoms. The molecule has 3 nitrogen and oxygen atoms in total. The van der Waals surface area contributed by atoms with Crippen LogP contribution in [0.5, 0.6) is 0 Å². The van der Waals surface area contributed by atoms with Crippen molar-refractivity contribution in [2.45, 2.75) is 32.9 Å². The lowest BCUT2D eigenvalue weighted by Crippen LogP contribution is -2.26. The van der Waals surface area contributed by atoms with Crippen molar-refractivity contribution in [1.82, 2.24) is 0 Å². The number of rotatable bonds is 3. The summed E-state index contributed by atoms with van der Waals surface area (Å²) in [6.45, 7) is 6.27. The van der Waals surface area contributed by atoms with Crippen LogP contribution in [0.2, 0.25) is 0 Å². The lowest BCUT2D eigenvalue weighted by atomic mass is 10.1. The quantitative estimate of drug-likeness (QED) is 0.867. The second kappa shape index (κ2) is 4.86. The van der Waals surface area contributed by atoms with E-state index in [0.717, 1.165) is 17.0 Å². The maximum atomic E-state index is 9.04. The molecule has 2 aromatic rings. The molecule has 18 heavy (non-hydrogen) atoms. The molecule has 0 radical (unpaired) electrons. The Labute approximate surface area is 107 Å². The van der Waals surface area contributed by atoms with Crippen LogP contribution in [0, 0.1) is 0 Å². The molecule has 1 heterocycles. The summed E-state index contributed by atoms with van der Waals surface area (Å²) in [6.07, 6.45) is 0. The van der Waals surface area contributed by atoms with Gasteiger partial charge in [0.1, 0.15) is 18.1 Å². The summed E-state index contributed by atoms with van der Waals surface area (Å²) in [5.41, 5.74) is 2.03. The summed E-state index contributed by atoms with van der Waals surface area (Å²) < 4.78 is 5.58. The van der Waals surface area contributed by atoms with Crippen LogP contribution in [0.25, 0.3) is 11.3 Å². The number of nitrogens with one attached hydrogen (secondary N) is 1. The number of furan rings is 1. The zero-order valence-electron chi connectivity index (χ0n) is 11.0. The van der Waals surface area contributed by atoms with Gasteiger partial charge < -0.3 is 14.8 Å². The molecule has 96 valence electrons.